The van der Waals surface area contributed by atoms with Crippen LogP contribution in [0.15, 0.2) is 176 Å². The van der Waals surface area contributed by atoms with E-state index in [-0.39, 0.29) is 10.8 Å². The van der Waals surface area contributed by atoms with Gasteiger partial charge in [-0.1, -0.05) is 113 Å². The molecule has 1 heterocycles. The lowest BCUT2D eigenvalue weighted by Gasteiger charge is -2.33. The second-order valence-electron chi connectivity index (χ2n) is 16.5. The predicted molar refractivity (Wildman–Crippen MR) is 258 cm³/mol. The van der Waals surface area contributed by atoms with E-state index in [1.807, 2.05) is 6.07 Å². The van der Waals surface area contributed by atoms with Crippen molar-refractivity contribution in [3.05, 3.63) is 203 Å². The third-order valence-electron chi connectivity index (χ3n) is 13.9. The highest BCUT2D eigenvalue weighted by Gasteiger charge is 2.43. The van der Waals surface area contributed by atoms with Crippen molar-refractivity contribution in [2.24, 2.45) is 0 Å². The Morgan fingerprint density at radius 2 is 0.770 bits per heavy atom. The van der Waals surface area contributed by atoms with Crippen LogP contribution in [0.1, 0.15) is 85.3 Å². The van der Waals surface area contributed by atoms with Crippen LogP contribution in [-0.2, 0) is 10.8 Å². The smallest absolute Gasteiger partial charge is 0.160 e. The summed E-state index contributed by atoms with van der Waals surface area (Å²) in [4.78, 5) is 18.3. The number of hydrogen-bond donors (Lipinski definition) is 0. The number of hydrogen-bond acceptors (Lipinski definition) is 4. The molecule has 0 fully saturated rings. The molecule has 3 nitrogen and oxygen atoms in total. The largest absolute Gasteiger partial charge is 0.310 e. The van der Waals surface area contributed by atoms with E-state index in [1.165, 1.54) is 61.4 Å². The van der Waals surface area contributed by atoms with Gasteiger partial charge in [0, 0.05) is 49.8 Å². The normalized spacial score (nSPS) is 13.8. The molecule has 1 aromatic heterocycles. The fraction of sp³-hybridized carbons (Fsp3) is 0.175. The van der Waals surface area contributed by atoms with Crippen molar-refractivity contribution in [2.75, 3.05) is 9.80 Å². The molecule has 0 spiro atoms. The first-order valence-corrected chi connectivity index (χ1v) is 22.7. The lowest BCUT2D eigenvalue weighted by atomic mass is 9.73. The van der Waals surface area contributed by atoms with Gasteiger partial charge in [-0.25, -0.2) is 0 Å². The maximum atomic E-state index is 11.6. The summed E-state index contributed by atoms with van der Waals surface area (Å²) in [6.07, 6.45) is 4.93. The standard InChI is InChI=1S/C57H50N2OS/c1-5-56(6-2)51-34-39(55-33-28-46(38-60)61-55)24-29-47(51)48-31-26-44(36-52(48)56)59(42-22-16-11-17-23-42)45-27-32-50-49-30-25-43(35-53(49)57(7-3,8-4)54(50)37-45)58(40-18-12-9-13-19-40)41-20-14-10-15-21-41/h9-38H,5-8H2,1-4H3. The quantitative estimate of drug-likeness (QED) is 0.115. The third kappa shape index (κ3) is 6.10. The molecular weight excluding hydrogens is 761 g/mol. The van der Waals surface area contributed by atoms with Gasteiger partial charge in [0.15, 0.2) is 6.29 Å². The molecule has 300 valence electrons. The highest BCUT2D eigenvalue weighted by molar-refractivity contribution is 7.17. The highest BCUT2D eigenvalue weighted by atomic mass is 32.1. The minimum atomic E-state index is -0.149. The third-order valence-corrected chi connectivity index (χ3v) is 15.0. The summed E-state index contributed by atoms with van der Waals surface area (Å²) < 4.78 is 0. The van der Waals surface area contributed by atoms with Crippen LogP contribution in [0, 0.1) is 0 Å². The average Bonchev–Trinajstić information content (AvgIpc) is 4.00. The molecule has 10 rings (SSSR count). The second kappa shape index (κ2) is 15.5. The van der Waals surface area contributed by atoms with Gasteiger partial charge in [0.1, 0.15) is 0 Å². The fourth-order valence-corrected chi connectivity index (χ4v) is 11.6. The minimum absolute atomic E-state index is 0.131. The van der Waals surface area contributed by atoms with Gasteiger partial charge in [0.25, 0.3) is 0 Å². The molecular formula is C57H50N2OS. The van der Waals surface area contributed by atoms with E-state index < -0.39 is 0 Å². The Morgan fingerprint density at radius 1 is 0.410 bits per heavy atom. The minimum Gasteiger partial charge on any atom is -0.310 e. The first-order chi connectivity index (χ1) is 30.0. The van der Waals surface area contributed by atoms with Gasteiger partial charge < -0.3 is 9.80 Å². The first kappa shape index (κ1) is 38.7. The van der Waals surface area contributed by atoms with E-state index in [9.17, 15) is 4.79 Å². The summed E-state index contributed by atoms with van der Waals surface area (Å²) in [6.45, 7) is 9.40. The lowest BCUT2D eigenvalue weighted by molar-refractivity contribution is 0.112. The Balaban J connectivity index is 1.09. The van der Waals surface area contributed by atoms with Gasteiger partial charge in [0.2, 0.25) is 0 Å². The SMILES string of the molecule is CCC1(CC)c2cc(-c3ccc(C=O)s3)ccc2-c2ccc(N(c3ccccc3)c3ccc4c(c3)C(CC)(CC)c3cc(N(c5ccccc5)c5ccccc5)ccc3-4)cc21. The maximum Gasteiger partial charge on any atom is 0.160 e. The van der Waals surface area contributed by atoms with Crippen LogP contribution in [-0.4, -0.2) is 6.29 Å². The van der Waals surface area contributed by atoms with Crippen molar-refractivity contribution in [3.63, 3.8) is 0 Å². The molecule has 0 N–H and O–H groups in total. The number of para-hydroxylation sites is 3. The van der Waals surface area contributed by atoms with Gasteiger partial charge in [0.05, 0.1) is 4.88 Å². The monoisotopic (exact) mass is 810 g/mol. The van der Waals surface area contributed by atoms with E-state index in [0.29, 0.717) is 0 Å². The number of fused-ring (bicyclic) bond motifs is 6. The summed E-state index contributed by atoms with van der Waals surface area (Å²) in [6, 6.07) is 64.8. The molecule has 2 aliphatic rings. The van der Waals surface area contributed by atoms with Gasteiger partial charge in [-0.3, -0.25) is 4.79 Å². The molecule has 7 aromatic carbocycles. The van der Waals surface area contributed by atoms with Crippen LogP contribution in [0.25, 0.3) is 32.7 Å². The van der Waals surface area contributed by atoms with Crippen LogP contribution < -0.4 is 9.80 Å². The summed E-state index contributed by atoms with van der Waals surface area (Å²) in [5, 5.41) is 0. The first-order valence-electron chi connectivity index (χ1n) is 21.9. The Kier molecular flexibility index (Phi) is 9.84. The second-order valence-corrected chi connectivity index (χ2v) is 17.6. The number of aldehydes is 1. The zero-order valence-corrected chi connectivity index (χ0v) is 36.2. The summed E-state index contributed by atoms with van der Waals surface area (Å²) >= 11 is 1.56. The van der Waals surface area contributed by atoms with Crippen LogP contribution >= 0.6 is 11.3 Å². The number of benzene rings is 7. The number of thiophene rings is 1. The Hall–Kier alpha value is -6.49. The van der Waals surface area contributed by atoms with E-state index in [1.54, 1.807) is 11.3 Å². The van der Waals surface area contributed by atoms with Gasteiger partial charge >= 0.3 is 0 Å². The summed E-state index contributed by atoms with van der Waals surface area (Å²) in [7, 11) is 0. The molecule has 2 aliphatic carbocycles. The van der Waals surface area contributed by atoms with Gasteiger partial charge in [-0.15, -0.1) is 11.3 Å². The molecule has 0 radical (unpaired) electrons. The van der Waals surface area contributed by atoms with Crippen LogP contribution in [0.4, 0.5) is 34.1 Å². The van der Waals surface area contributed by atoms with E-state index in [0.717, 1.165) is 64.5 Å². The number of rotatable bonds is 12. The van der Waals surface area contributed by atoms with Crippen molar-refractivity contribution in [1.29, 1.82) is 0 Å². The molecule has 0 aliphatic heterocycles. The molecule has 0 atom stereocenters. The fourth-order valence-electron chi connectivity index (χ4n) is 10.7. The van der Waals surface area contributed by atoms with Crippen molar-refractivity contribution < 1.29 is 4.79 Å². The van der Waals surface area contributed by atoms with Crippen LogP contribution in [0.3, 0.4) is 0 Å². The number of anilines is 6. The zero-order chi connectivity index (χ0) is 41.7. The molecule has 61 heavy (non-hydrogen) atoms. The van der Waals surface area contributed by atoms with Gasteiger partial charge in [-0.05, 0) is 167 Å². The molecule has 4 heteroatoms. The molecule has 0 saturated carbocycles. The van der Waals surface area contributed by atoms with Crippen molar-refractivity contribution >= 4 is 51.7 Å². The summed E-state index contributed by atoms with van der Waals surface area (Å²) in [5.74, 6) is 0. The van der Waals surface area contributed by atoms with E-state index in [2.05, 4.69) is 207 Å². The zero-order valence-electron chi connectivity index (χ0n) is 35.4. The van der Waals surface area contributed by atoms with Crippen molar-refractivity contribution in [2.45, 2.75) is 64.2 Å². The molecule has 0 amide bonds. The molecule has 0 saturated heterocycles. The van der Waals surface area contributed by atoms with E-state index in [4.69, 9.17) is 0 Å². The Morgan fingerprint density at radius 3 is 1.13 bits per heavy atom. The summed E-state index contributed by atoms with van der Waals surface area (Å²) in [5.41, 5.74) is 18.7. The number of nitrogens with zero attached hydrogens (tertiary/aromatic N) is 2. The lowest BCUT2D eigenvalue weighted by Crippen LogP contribution is -2.24. The Bertz CT molecular complexity index is 2850. The number of carbonyl (C=O) groups excluding carboxylic acids is 1. The molecule has 0 bridgehead atoms. The van der Waals surface area contributed by atoms with E-state index >= 15 is 0 Å². The average molecular weight is 811 g/mol. The topological polar surface area (TPSA) is 23.6 Å². The van der Waals surface area contributed by atoms with Crippen LogP contribution in [0.2, 0.25) is 0 Å². The number of carbonyl (C=O) groups is 1. The highest BCUT2D eigenvalue weighted by Crippen LogP contribution is 2.57. The van der Waals surface area contributed by atoms with Crippen LogP contribution in [0.5, 0.6) is 0 Å². The molecule has 8 aromatic rings. The molecule has 0 unspecified atom stereocenters. The van der Waals surface area contributed by atoms with Crippen molar-refractivity contribution in [1.82, 2.24) is 0 Å². The Labute approximate surface area is 364 Å². The van der Waals surface area contributed by atoms with Crippen molar-refractivity contribution in [3.8, 4) is 32.7 Å². The van der Waals surface area contributed by atoms with Gasteiger partial charge in [-0.2, -0.15) is 0 Å². The maximum absolute atomic E-state index is 11.6. The predicted octanol–water partition coefficient (Wildman–Crippen LogP) is 16.3.